The fourth-order valence-electron chi connectivity index (χ4n) is 2.26. The standard InChI is InChI=1S/C15H18O8/c16-8-4-1-7(2-5-8)3-6-9(17)23-15-13(21)11(19)10(18)12(20)14(15)22/h1-6,10-16,18-22H. The molecule has 0 heterocycles. The molecule has 23 heavy (non-hydrogen) atoms. The lowest BCUT2D eigenvalue weighted by Crippen LogP contribution is -2.64. The molecule has 1 saturated carbocycles. The highest BCUT2D eigenvalue weighted by Gasteiger charge is 2.50. The second kappa shape index (κ2) is 7.07. The lowest BCUT2D eigenvalue weighted by molar-refractivity contribution is -0.231. The Bertz CT molecular complexity index is 553. The van der Waals surface area contributed by atoms with Crippen LogP contribution in [-0.2, 0) is 9.53 Å². The molecule has 1 aliphatic rings. The number of carbonyl (C=O) groups is 1. The number of aliphatic hydroxyl groups is 5. The Morgan fingerprint density at radius 2 is 1.35 bits per heavy atom. The van der Waals surface area contributed by atoms with Crippen LogP contribution >= 0.6 is 0 Å². The van der Waals surface area contributed by atoms with Crippen molar-refractivity contribution in [2.75, 3.05) is 0 Å². The van der Waals surface area contributed by atoms with Crippen LogP contribution < -0.4 is 0 Å². The number of hydrogen-bond donors (Lipinski definition) is 6. The molecule has 2 rings (SSSR count). The molecule has 4 unspecified atom stereocenters. The van der Waals surface area contributed by atoms with Crippen molar-refractivity contribution in [2.45, 2.75) is 36.6 Å². The molecule has 1 aliphatic carbocycles. The molecule has 0 bridgehead atoms. The fraction of sp³-hybridized carbons (Fsp3) is 0.400. The minimum absolute atomic E-state index is 0.0692. The first-order chi connectivity index (χ1) is 10.8. The molecule has 4 atom stereocenters. The number of aliphatic hydroxyl groups excluding tert-OH is 5. The molecule has 6 N–H and O–H groups in total. The van der Waals surface area contributed by atoms with Crippen molar-refractivity contribution in [3.63, 3.8) is 0 Å². The summed E-state index contributed by atoms with van der Waals surface area (Å²) in [5, 5.41) is 57.2. The van der Waals surface area contributed by atoms with Gasteiger partial charge in [-0.2, -0.15) is 0 Å². The Hall–Kier alpha value is -1.97. The predicted octanol–water partition coefficient (Wildman–Crippen LogP) is -1.86. The lowest BCUT2D eigenvalue weighted by Gasteiger charge is -2.40. The third-order valence-corrected chi connectivity index (χ3v) is 3.63. The quantitative estimate of drug-likeness (QED) is 0.280. The molecule has 1 aromatic carbocycles. The van der Waals surface area contributed by atoms with Crippen molar-refractivity contribution in [1.29, 1.82) is 0 Å². The highest BCUT2D eigenvalue weighted by atomic mass is 16.6. The van der Waals surface area contributed by atoms with Crippen LogP contribution in [0.2, 0.25) is 0 Å². The van der Waals surface area contributed by atoms with Crippen molar-refractivity contribution < 1.29 is 40.2 Å². The van der Waals surface area contributed by atoms with Gasteiger partial charge in [0, 0.05) is 6.08 Å². The van der Waals surface area contributed by atoms with Crippen molar-refractivity contribution in [3.8, 4) is 5.75 Å². The summed E-state index contributed by atoms with van der Waals surface area (Å²) in [5.74, 6) is -0.850. The highest BCUT2D eigenvalue weighted by molar-refractivity contribution is 5.87. The minimum atomic E-state index is -1.76. The molecule has 8 heteroatoms. The molecule has 0 aromatic heterocycles. The van der Waals surface area contributed by atoms with Crippen LogP contribution in [0.15, 0.2) is 30.3 Å². The number of phenolic OH excluding ortho intramolecular Hbond substituents is 1. The van der Waals surface area contributed by atoms with Gasteiger partial charge in [0.2, 0.25) is 0 Å². The first kappa shape index (κ1) is 17.4. The number of hydrogen-bond acceptors (Lipinski definition) is 8. The Morgan fingerprint density at radius 3 is 1.87 bits per heavy atom. The van der Waals surface area contributed by atoms with Crippen LogP contribution in [0.1, 0.15) is 5.56 Å². The van der Waals surface area contributed by atoms with Gasteiger partial charge in [0.25, 0.3) is 0 Å². The molecule has 0 radical (unpaired) electrons. The van der Waals surface area contributed by atoms with Gasteiger partial charge < -0.3 is 35.4 Å². The number of phenols is 1. The van der Waals surface area contributed by atoms with Crippen LogP contribution in [0.4, 0.5) is 0 Å². The first-order valence-corrected chi connectivity index (χ1v) is 6.89. The van der Waals surface area contributed by atoms with E-state index in [2.05, 4.69) is 0 Å². The molecule has 126 valence electrons. The number of rotatable bonds is 3. The molecule has 0 saturated heterocycles. The Morgan fingerprint density at radius 1 is 0.870 bits per heavy atom. The zero-order valence-corrected chi connectivity index (χ0v) is 11.9. The van der Waals surface area contributed by atoms with Gasteiger partial charge in [-0.25, -0.2) is 4.79 Å². The minimum Gasteiger partial charge on any atom is -0.508 e. The maximum absolute atomic E-state index is 11.7. The van der Waals surface area contributed by atoms with Crippen LogP contribution in [0, 0.1) is 0 Å². The summed E-state index contributed by atoms with van der Waals surface area (Å²) in [6.45, 7) is 0. The van der Waals surface area contributed by atoms with Crippen molar-refractivity contribution >= 4 is 12.0 Å². The lowest BCUT2D eigenvalue weighted by atomic mass is 9.85. The summed E-state index contributed by atoms with van der Waals surface area (Å²) in [6.07, 6.45) is -7.92. The number of carbonyl (C=O) groups excluding carboxylic acids is 1. The van der Waals surface area contributed by atoms with Gasteiger partial charge in [-0.15, -0.1) is 0 Å². The van der Waals surface area contributed by atoms with Gasteiger partial charge >= 0.3 is 5.97 Å². The smallest absolute Gasteiger partial charge is 0.331 e. The van der Waals surface area contributed by atoms with E-state index in [4.69, 9.17) is 9.84 Å². The van der Waals surface area contributed by atoms with E-state index in [1.807, 2.05) is 0 Å². The number of benzene rings is 1. The second-order valence-corrected chi connectivity index (χ2v) is 5.28. The molecule has 0 amide bonds. The predicted molar refractivity (Wildman–Crippen MR) is 77.1 cm³/mol. The van der Waals surface area contributed by atoms with Gasteiger partial charge in [0.05, 0.1) is 0 Å². The third kappa shape index (κ3) is 3.87. The van der Waals surface area contributed by atoms with Gasteiger partial charge in [-0.05, 0) is 23.8 Å². The molecule has 1 aromatic rings. The van der Waals surface area contributed by atoms with Crippen LogP contribution in [0.5, 0.6) is 5.75 Å². The maximum Gasteiger partial charge on any atom is 0.331 e. The Labute approximate surface area is 131 Å². The fourth-order valence-corrected chi connectivity index (χ4v) is 2.26. The van der Waals surface area contributed by atoms with E-state index in [1.54, 1.807) is 12.1 Å². The van der Waals surface area contributed by atoms with Gasteiger partial charge in [-0.1, -0.05) is 12.1 Å². The summed E-state index contributed by atoms with van der Waals surface area (Å²) >= 11 is 0. The normalized spacial score (nSPS) is 34.5. The average Bonchev–Trinajstić information content (AvgIpc) is 2.54. The molecule has 1 fully saturated rings. The topological polar surface area (TPSA) is 148 Å². The van der Waals surface area contributed by atoms with Crippen molar-refractivity contribution in [3.05, 3.63) is 35.9 Å². The maximum atomic E-state index is 11.7. The summed E-state index contributed by atoms with van der Waals surface area (Å²) in [6, 6.07) is 5.95. The zero-order valence-electron chi connectivity index (χ0n) is 11.9. The number of aromatic hydroxyl groups is 1. The van der Waals surface area contributed by atoms with Gasteiger partial charge in [0.1, 0.15) is 36.3 Å². The molecule has 8 nitrogen and oxygen atoms in total. The van der Waals surface area contributed by atoms with Crippen LogP contribution in [0.25, 0.3) is 6.08 Å². The van der Waals surface area contributed by atoms with E-state index >= 15 is 0 Å². The summed E-state index contributed by atoms with van der Waals surface area (Å²) in [4.78, 5) is 11.7. The van der Waals surface area contributed by atoms with Crippen molar-refractivity contribution in [2.24, 2.45) is 0 Å². The SMILES string of the molecule is O=C(C=Cc1ccc(O)cc1)OC1C(O)C(O)C(O)C(O)C1O. The van der Waals surface area contributed by atoms with Crippen LogP contribution in [-0.4, -0.2) is 73.2 Å². The molecule has 0 aliphatic heterocycles. The molecular formula is C15H18O8. The number of ether oxygens (including phenoxy) is 1. The largest absolute Gasteiger partial charge is 0.508 e. The summed E-state index contributed by atoms with van der Waals surface area (Å²) in [7, 11) is 0. The summed E-state index contributed by atoms with van der Waals surface area (Å²) < 4.78 is 4.84. The van der Waals surface area contributed by atoms with Gasteiger partial charge in [0.15, 0.2) is 6.10 Å². The summed E-state index contributed by atoms with van der Waals surface area (Å²) in [5.41, 5.74) is 0.597. The van der Waals surface area contributed by atoms with E-state index in [0.29, 0.717) is 5.56 Å². The van der Waals surface area contributed by atoms with Crippen LogP contribution in [0.3, 0.4) is 0 Å². The van der Waals surface area contributed by atoms with Gasteiger partial charge in [-0.3, -0.25) is 0 Å². The first-order valence-electron chi connectivity index (χ1n) is 6.89. The highest BCUT2D eigenvalue weighted by Crippen LogP contribution is 2.24. The van der Waals surface area contributed by atoms with E-state index in [1.165, 1.54) is 18.2 Å². The molecular weight excluding hydrogens is 308 g/mol. The van der Waals surface area contributed by atoms with E-state index < -0.39 is 42.6 Å². The third-order valence-electron chi connectivity index (χ3n) is 3.63. The van der Waals surface area contributed by atoms with Crippen molar-refractivity contribution in [1.82, 2.24) is 0 Å². The van der Waals surface area contributed by atoms with E-state index in [-0.39, 0.29) is 5.75 Å². The van der Waals surface area contributed by atoms with E-state index in [0.717, 1.165) is 6.08 Å². The Kier molecular flexibility index (Phi) is 5.34. The van der Waals surface area contributed by atoms with E-state index in [9.17, 15) is 30.3 Å². The Balaban J connectivity index is 2.02. The monoisotopic (exact) mass is 326 g/mol. The molecule has 0 spiro atoms. The second-order valence-electron chi connectivity index (χ2n) is 5.28. The average molecular weight is 326 g/mol. The number of esters is 1. The zero-order chi connectivity index (χ0) is 17.1.